The van der Waals surface area contributed by atoms with E-state index in [1.165, 1.54) is 24.3 Å². The van der Waals surface area contributed by atoms with Crippen LogP contribution in [0.25, 0.3) is 11.2 Å². The summed E-state index contributed by atoms with van der Waals surface area (Å²) >= 11 is 0. The molecule has 5 aromatic rings. The maximum Gasteiger partial charge on any atom is 0.284 e. The first-order valence-corrected chi connectivity index (χ1v) is 16.1. The molecule has 1 aromatic carbocycles. The molecule has 236 valence electrons. The third-order valence-corrected chi connectivity index (χ3v) is 9.10. The molecule has 0 aliphatic rings. The Morgan fingerprint density at radius 1 is 1.02 bits per heavy atom. The standard InChI is InChI=1S/C30H37N11O3S/c1-7-25(21(6)36-29(42)22-8-10-24(11-9-22)45(43,44)41-16-31-15-35-41)37-30-38-27(26-28(39-30)40(17-34-26)18(2)3)33-14-23-13-32-20(5)12-19(23)4/h8-13,15-18,21,25H,7,14H2,1-6H3,(H,36,42)(H2,33,37,38,39)/t21-,25+/m1/s1. The molecule has 0 bridgehead atoms. The number of amides is 1. The Hall–Kier alpha value is -4.92. The lowest BCUT2D eigenvalue weighted by atomic mass is 10.1. The van der Waals surface area contributed by atoms with Crippen LogP contribution >= 0.6 is 0 Å². The van der Waals surface area contributed by atoms with E-state index in [9.17, 15) is 13.2 Å². The number of benzene rings is 1. The molecule has 4 heterocycles. The lowest BCUT2D eigenvalue weighted by Crippen LogP contribution is -2.44. The highest BCUT2D eigenvalue weighted by Crippen LogP contribution is 2.25. The molecule has 14 nitrogen and oxygen atoms in total. The summed E-state index contributed by atoms with van der Waals surface area (Å²) in [5.41, 5.74) is 4.82. The van der Waals surface area contributed by atoms with Crippen LogP contribution in [0, 0.1) is 13.8 Å². The van der Waals surface area contributed by atoms with Crippen molar-refractivity contribution in [1.29, 1.82) is 0 Å². The van der Waals surface area contributed by atoms with E-state index in [0.717, 1.165) is 33.6 Å². The van der Waals surface area contributed by atoms with Gasteiger partial charge in [-0.2, -0.15) is 18.4 Å². The molecule has 15 heteroatoms. The molecular weight excluding hydrogens is 594 g/mol. The van der Waals surface area contributed by atoms with E-state index in [1.54, 1.807) is 6.33 Å². The molecule has 5 rings (SSSR count). The average Bonchev–Trinajstić information content (AvgIpc) is 3.71. The van der Waals surface area contributed by atoms with Gasteiger partial charge in [0, 0.05) is 42.1 Å². The molecular formula is C30H37N11O3S. The van der Waals surface area contributed by atoms with Crippen LogP contribution in [0.15, 0.2) is 60.4 Å². The van der Waals surface area contributed by atoms with E-state index in [1.807, 2.05) is 37.6 Å². The fourth-order valence-electron chi connectivity index (χ4n) is 4.92. The number of carbonyl (C=O) groups is 1. The predicted molar refractivity (Wildman–Crippen MR) is 170 cm³/mol. The van der Waals surface area contributed by atoms with E-state index in [-0.39, 0.29) is 28.9 Å². The number of hydrogen-bond donors (Lipinski definition) is 3. The van der Waals surface area contributed by atoms with Crippen molar-refractivity contribution < 1.29 is 13.2 Å². The first-order valence-electron chi connectivity index (χ1n) is 14.7. The van der Waals surface area contributed by atoms with Gasteiger partial charge in [-0.15, -0.1) is 9.19 Å². The van der Waals surface area contributed by atoms with Crippen molar-refractivity contribution >= 4 is 38.9 Å². The van der Waals surface area contributed by atoms with Crippen LogP contribution in [-0.2, 0) is 16.6 Å². The van der Waals surface area contributed by atoms with Crippen molar-refractivity contribution in [3.05, 3.63) is 77.9 Å². The molecule has 1 amide bonds. The number of imidazole rings is 1. The van der Waals surface area contributed by atoms with E-state index in [0.29, 0.717) is 41.5 Å². The average molecular weight is 632 g/mol. The quantitative estimate of drug-likeness (QED) is 0.182. The van der Waals surface area contributed by atoms with Crippen LogP contribution in [-0.4, -0.2) is 65.1 Å². The van der Waals surface area contributed by atoms with Crippen molar-refractivity contribution in [1.82, 2.24) is 44.0 Å². The second-order valence-electron chi connectivity index (χ2n) is 11.1. The zero-order chi connectivity index (χ0) is 32.3. The Morgan fingerprint density at radius 2 is 1.78 bits per heavy atom. The molecule has 45 heavy (non-hydrogen) atoms. The summed E-state index contributed by atoms with van der Waals surface area (Å²) in [5, 5.41) is 13.5. The number of pyridine rings is 1. The Balaban J connectivity index is 1.33. The molecule has 0 saturated carbocycles. The number of hydrogen-bond acceptors (Lipinski definition) is 11. The predicted octanol–water partition coefficient (Wildman–Crippen LogP) is 3.87. The third-order valence-electron chi connectivity index (χ3n) is 7.55. The summed E-state index contributed by atoms with van der Waals surface area (Å²) < 4.78 is 28.1. The van der Waals surface area contributed by atoms with Crippen LogP contribution in [0.1, 0.15) is 67.3 Å². The fourth-order valence-corrected chi connectivity index (χ4v) is 5.96. The van der Waals surface area contributed by atoms with Crippen molar-refractivity contribution in [3.63, 3.8) is 0 Å². The largest absolute Gasteiger partial charge is 0.364 e. The monoisotopic (exact) mass is 631 g/mol. The fraction of sp³-hybridized carbons (Fsp3) is 0.367. The summed E-state index contributed by atoms with van der Waals surface area (Å²) in [4.78, 5) is 35.4. The van der Waals surface area contributed by atoms with Gasteiger partial charge in [0.25, 0.3) is 15.9 Å². The SMILES string of the molecule is CC[C@H](Nc1nc(NCc2cnc(C)cc2C)c2ncn(C(C)C)c2n1)[C@@H](C)NC(=O)c1ccc(S(=O)(=O)n2cncn2)cc1. The van der Waals surface area contributed by atoms with Crippen molar-refractivity contribution in [2.24, 2.45) is 0 Å². The normalized spacial score (nSPS) is 13.1. The third kappa shape index (κ3) is 6.77. The lowest BCUT2D eigenvalue weighted by molar-refractivity contribution is 0.0935. The van der Waals surface area contributed by atoms with Crippen LogP contribution in [0.3, 0.4) is 0 Å². The van der Waals surface area contributed by atoms with Crippen molar-refractivity contribution in [3.8, 4) is 0 Å². The number of rotatable bonds is 12. The van der Waals surface area contributed by atoms with Gasteiger partial charge >= 0.3 is 0 Å². The Labute approximate surface area is 261 Å². The maximum atomic E-state index is 13.1. The van der Waals surface area contributed by atoms with Crippen LogP contribution < -0.4 is 16.0 Å². The second-order valence-corrected chi connectivity index (χ2v) is 12.9. The minimum Gasteiger partial charge on any atom is -0.364 e. The number of aryl methyl sites for hydroxylation is 2. The Bertz CT molecular complexity index is 1900. The lowest BCUT2D eigenvalue weighted by Gasteiger charge is -2.25. The molecule has 3 N–H and O–H groups in total. The van der Waals surface area contributed by atoms with Gasteiger partial charge < -0.3 is 20.5 Å². The first kappa shape index (κ1) is 31.5. The van der Waals surface area contributed by atoms with Gasteiger partial charge in [0.05, 0.1) is 11.2 Å². The van der Waals surface area contributed by atoms with E-state index < -0.39 is 10.0 Å². The van der Waals surface area contributed by atoms with Gasteiger partial charge in [0.1, 0.15) is 12.7 Å². The smallest absolute Gasteiger partial charge is 0.284 e. The minimum atomic E-state index is -3.89. The Morgan fingerprint density at radius 3 is 2.42 bits per heavy atom. The van der Waals surface area contributed by atoms with Crippen molar-refractivity contribution in [2.45, 2.75) is 77.5 Å². The van der Waals surface area contributed by atoms with Crippen molar-refractivity contribution in [2.75, 3.05) is 10.6 Å². The van der Waals surface area contributed by atoms with E-state index >= 15 is 0 Å². The highest BCUT2D eigenvalue weighted by molar-refractivity contribution is 7.89. The molecule has 0 fully saturated rings. The number of fused-ring (bicyclic) bond motifs is 1. The summed E-state index contributed by atoms with van der Waals surface area (Å²) in [6, 6.07) is 7.31. The second kappa shape index (κ2) is 13.0. The highest BCUT2D eigenvalue weighted by Gasteiger charge is 2.23. The molecule has 0 unspecified atom stereocenters. The van der Waals surface area contributed by atoms with Crippen LogP contribution in [0.2, 0.25) is 0 Å². The van der Waals surface area contributed by atoms with Gasteiger partial charge in [-0.1, -0.05) is 6.92 Å². The van der Waals surface area contributed by atoms with E-state index in [4.69, 9.17) is 9.97 Å². The topological polar surface area (TPSA) is 174 Å². The number of nitrogens with one attached hydrogen (secondary N) is 3. The minimum absolute atomic E-state index is 0.00269. The molecule has 0 aliphatic heterocycles. The van der Waals surface area contributed by atoms with Gasteiger partial charge in [0.15, 0.2) is 17.0 Å². The molecule has 0 saturated heterocycles. The summed E-state index contributed by atoms with van der Waals surface area (Å²) in [6.07, 6.45) is 6.54. The van der Waals surface area contributed by atoms with Crippen LogP contribution in [0.5, 0.6) is 0 Å². The molecule has 0 spiro atoms. The van der Waals surface area contributed by atoms with E-state index in [2.05, 4.69) is 56.8 Å². The summed E-state index contributed by atoms with van der Waals surface area (Å²) in [7, 11) is -3.89. The Kier molecular flexibility index (Phi) is 9.09. The summed E-state index contributed by atoms with van der Waals surface area (Å²) in [6.45, 7) is 12.6. The number of nitrogens with zero attached hydrogens (tertiary/aromatic N) is 8. The number of anilines is 2. The van der Waals surface area contributed by atoms with Gasteiger partial charge in [0.2, 0.25) is 5.95 Å². The van der Waals surface area contributed by atoms with Gasteiger partial charge in [-0.05, 0) is 82.5 Å². The zero-order valence-corrected chi connectivity index (χ0v) is 26.9. The number of carbonyl (C=O) groups excluding carboxylic acids is 1. The first-order chi connectivity index (χ1) is 21.5. The maximum absolute atomic E-state index is 13.1. The molecule has 0 aliphatic carbocycles. The molecule has 2 atom stereocenters. The summed E-state index contributed by atoms with van der Waals surface area (Å²) in [5.74, 6) is 0.655. The van der Waals surface area contributed by atoms with Gasteiger partial charge in [-0.25, -0.2) is 9.97 Å². The highest BCUT2D eigenvalue weighted by atomic mass is 32.2. The van der Waals surface area contributed by atoms with Crippen LogP contribution in [0.4, 0.5) is 11.8 Å². The zero-order valence-electron chi connectivity index (χ0n) is 26.1. The van der Waals surface area contributed by atoms with Gasteiger partial charge in [-0.3, -0.25) is 9.78 Å². The molecule has 0 radical (unpaired) electrons. The number of aromatic nitrogens is 8. The molecule has 4 aromatic heterocycles.